The van der Waals surface area contributed by atoms with E-state index in [4.69, 9.17) is 20.9 Å². The van der Waals surface area contributed by atoms with Crippen molar-refractivity contribution in [3.8, 4) is 17.0 Å². The minimum Gasteiger partial charge on any atom is -0.462 e. The molecule has 1 fully saturated rings. The number of hydrogen-bond donors (Lipinski definition) is 2. The van der Waals surface area contributed by atoms with Crippen molar-refractivity contribution in [1.29, 1.82) is 0 Å². The summed E-state index contributed by atoms with van der Waals surface area (Å²) in [6.45, 7) is 5.17. The number of rotatable bonds is 10. The molecule has 0 bridgehead atoms. The van der Waals surface area contributed by atoms with Gasteiger partial charge in [0.1, 0.15) is 11.8 Å². The topological polar surface area (TPSA) is 130 Å². The molecular weight excluding hydrogens is 537 g/mol. The molecule has 0 amide bonds. The van der Waals surface area contributed by atoms with E-state index in [1.54, 1.807) is 25.5 Å². The molecule has 0 spiro atoms. The molecule has 1 aromatic carbocycles. The molecule has 1 aliphatic heterocycles. The molecule has 0 aliphatic carbocycles. The highest BCUT2D eigenvalue weighted by Gasteiger charge is 2.35. The summed E-state index contributed by atoms with van der Waals surface area (Å²) in [6.07, 6.45) is 2.35. The summed E-state index contributed by atoms with van der Waals surface area (Å²) >= 11 is 0. The van der Waals surface area contributed by atoms with Crippen LogP contribution in [0.5, 0.6) is 5.75 Å². The molecule has 5 rings (SSSR count). The van der Waals surface area contributed by atoms with Gasteiger partial charge in [-0.05, 0) is 56.5 Å². The van der Waals surface area contributed by atoms with Gasteiger partial charge in [-0.15, -0.1) is 0 Å². The van der Waals surface area contributed by atoms with E-state index in [0.29, 0.717) is 55.0 Å². The summed E-state index contributed by atoms with van der Waals surface area (Å²) in [5.74, 6) is -0.220. The molecule has 10 nitrogen and oxygen atoms in total. The maximum Gasteiger partial charge on any atom is 0.240 e. The zero-order valence-corrected chi connectivity index (χ0v) is 22.9. The van der Waals surface area contributed by atoms with Crippen molar-refractivity contribution in [3.05, 3.63) is 54.5 Å². The zero-order valence-electron chi connectivity index (χ0n) is 22.9. The molecule has 4 heterocycles. The average molecular weight is 571 g/mol. The zero-order chi connectivity index (χ0) is 29.1. The highest BCUT2D eigenvalue weighted by Crippen LogP contribution is 2.34. The number of nitrogens with two attached hydrogens (primary N) is 2. The lowest BCUT2D eigenvalue weighted by Crippen LogP contribution is -2.55. The fourth-order valence-electron chi connectivity index (χ4n) is 5.30. The van der Waals surface area contributed by atoms with Crippen LogP contribution >= 0.6 is 0 Å². The first kappa shape index (κ1) is 28.6. The summed E-state index contributed by atoms with van der Waals surface area (Å²) in [5.41, 5.74) is 15.0. The molecule has 4 N–H and O–H groups in total. The standard InChI is InChI=1S/C28H33F3N8O2/c1-3-40-17(2)41-23-6-5-18(9-20(23)29)21-10-19(13-39-16-37-25-26(32)35-15-36-27(25)39)22(12-34-21)38-8-4-7-28(33,14-38)11-24(30)31/h5-6,9-10,12,15-17,24H,3-4,7-8,11,13-14,33H2,1-2H3,(H2,32,35,36)/t17?,28-/m0/s1. The highest BCUT2D eigenvalue weighted by molar-refractivity contribution is 5.81. The number of pyridine rings is 1. The van der Waals surface area contributed by atoms with Crippen LogP contribution in [0.2, 0.25) is 0 Å². The molecular formula is C28H33F3N8O2. The Hall–Kier alpha value is -3.97. The Kier molecular flexibility index (Phi) is 8.27. The molecule has 13 heteroatoms. The first-order chi connectivity index (χ1) is 19.7. The van der Waals surface area contributed by atoms with Crippen molar-refractivity contribution < 1.29 is 22.6 Å². The lowest BCUT2D eigenvalue weighted by molar-refractivity contribution is -0.0631. The van der Waals surface area contributed by atoms with E-state index in [2.05, 4.69) is 19.9 Å². The Bertz CT molecular complexity index is 1520. The van der Waals surface area contributed by atoms with Gasteiger partial charge in [0.25, 0.3) is 0 Å². The van der Waals surface area contributed by atoms with E-state index in [9.17, 15) is 13.2 Å². The Labute approximate surface area is 235 Å². The molecule has 218 valence electrons. The van der Waals surface area contributed by atoms with Gasteiger partial charge >= 0.3 is 0 Å². The van der Waals surface area contributed by atoms with Crippen molar-refractivity contribution >= 4 is 22.7 Å². The number of hydrogen-bond acceptors (Lipinski definition) is 9. The van der Waals surface area contributed by atoms with E-state index in [1.807, 2.05) is 22.5 Å². The summed E-state index contributed by atoms with van der Waals surface area (Å²) in [7, 11) is 0. The van der Waals surface area contributed by atoms with Gasteiger partial charge in [0.2, 0.25) is 6.43 Å². The third kappa shape index (κ3) is 6.35. The van der Waals surface area contributed by atoms with E-state index in [1.165, 1.54) is 18.5 Å². The maximum absolute atomic E-state index is 15.0. The normalized spacial score (nSPS) is 18.3. The number of benzene rings is 1. The summed E-state index contributed by atoms with van der Waals surface area (Å²) in [6, 6.07) is 6.46. The number of fused-ring (bicyclic) bond motifs is 1. The van der Waals surface area contributed by atoms with Gasteiger partial charge in [0, 0.05) is 37.2 Å². The van der Waals surface area contributed by atoms with E-state index in [-0.39, 0.29) is 24.5 Å². The third-order valence-corrected chi connectivity index (χ3v) is 7.17. The van der Waals surface area contributed by atoms with E-state index in [0.717, 1.165) is 11.3 Å². The van der Waals surface area contributed by atoms with Gasteiger partial charge in [0.15, 0.2) is 29.3 Å². The van der Waals surface area contributed by atoms with Crippen molar-refractivity contribution in [2.45, 2.75) is 57.9 Å². The molecule has 3 aromatic heterocycles. The lowest BCUT2D eigenvalue weighted by Gasteiger charge is -2.42. The largest absolute Gasteiger partial charge is 0.462 e. The average Bonchev–Trinajstić information content (AvgIpc) is 3.33. The van der Waals surface area contributed by atoms with Gasteiger partial charge in [0.05, 0.1) is 30.5 Å². The van der Waals surface area contributed by atoms with E-state index < -0.39 is 24.1 Å². The SMILES string of the molecule is CCOC(C)Oc1ccc(-c2cc(Cn3cnc4c(N)ncnc43)c(N3CCC[C@](N)(CC(F)F)C3)cn2)cc1F. The number of ether oxygens (including phenoxy) is 2. The molecule has 2 atom stereocenters. The van der Waals surface area contributed by atoms with Crippen molar-refractivity contribution in [2.24, 2.45) is 5.73 Å². The number of halogens is 3. The van der Waals surface area contributed by atoms with Crippen molar-refractivity contribution in [1.82, 2.24) is 24.5 Å². The summed E-state index contributed by atoms with van der Waals surface area (Å²) in [4.78, 5) is 19.3. The van der Waals surface area contributed by atoms with Gasteiger partial charge in [-0.25, -0.2) is 28.1 Å². The van der Waals surface area contributed by atoms with Crippen LogP contribution in [0.4, 0.5) is 24.7 Å². The van der Waals surface area contributed by atoms with Crippen LogP contribution in [-0.2, 0) is 11.3 Å². The van der Waals surface area contributed by atoms with Crippen molar-refractivity contribution in [3.63, 3.8) is 0 Å². The molecule has 1 aliphatic rings. The minimum atomic E-state index is -2.50. The third-order valence-electron chi connectivity index (χ3n) is 7.17. The Morgan fingerprint density at radius 3 is 2.73 bits per heavy atom. The number of nitrogens with zero attached hydrogens (tertiary/aromatic N) is 6. The molecule has 4 aromatic rings. The Morgan fingerprint density at radius 2 is 1.98 bits per heavy atom. The van der Waals surface area contributed by atoms with Crippen LogP contribution in [-0.4, -0.2) is 62.5 Å². The summed E-state index contributed by atoms with van der Waals surface area (Å²) < 4.78 is 54.3. The van der Waals surface area contributed by atoms with Crippen LogP contribution in [0, 0.1) is 5.82 Å². The number of alkyl halides is 2. The highest BCUT2D eigenvalue weighted by atomic mass is 19.3. The first-order valence-electron chi connectivity index (χ1n) is 13.5. The van der Waals surface area contributed by atoms with Gasteiger partial charge in [-0.3, -0.25) is 4.98 Å². The predicted molar refractivity (Wildman–Crippen MR) is 149 cm³/mol. The molecule has 41 heavy (non-hydrogen) atoms. The van der Waals surface area contributed by atoms with Gasteiger partial charge < -0.3 is 30.4 Å². The number of imidazole rings is 1. The van der Waals surface area contributed by atoms with Crippen LogP contribution in [0.3, 0.4) is 0 Å². The van der Waals surface area contributed by atoms with Crippen LogP contribution in [0.15, 0.2) is 43.1 Å². The number of aromatic nitrogens is 5. The molecule has 0 radical (unpaired) electrons. The lowest BCUT2D eigenvalue weighted by atomic mass is 9.86. The maximum atomic E-state index is 15.0. The number of piperidine rings is 1. The smallest absolute Gasteiger partial charge is 0.240 e. The molecule has 1 unspecified atom stereocenters. The second-order valence-electron chi connectivity index (χ2n) is 10.3. The minimum absolute atomic E-state index is 0.0698. The fraction of sp³-hybridized carbons (Fsp3) is 0.429. The Morgan fingerprint density at radius 1 is 1.15 bits per heavy atom. The molecule has 1 saturated heterocycles. The summed E-state index contributed by atoms with van der Waals surface area (Å²) in [5, 5.41) is 0. The Balaban J connectivity index is 1.52. The quantitative estimate of drug-likeness (QED) is 0.267. The van der Waals surface area contributed by atoms with E-state index >= 15 is 0 Å². The van der Waals surface area contributed by atoms with Crippen LogP contribution in [0.1, 0.15) is 38.7 Å². The first-order valence-corrected chi connectivity index (χ1v) is 13.5. The second-order valence-corrected chi connectivity index (χ2v) is 10.3. The van der Waals surface area contributed by atoms with Gasteiger partial charge in [-0.1, -0.05) is 0 Å². The van der Waals surface area contributed by atoms with Crippen molar-refractivity contribution in [2.75, 3.05) is 30.3 Å². The monoisotopic (exact) mass is 570 g/mol. The van der Waals surface area contributed by atoms with Crippen LogP contribution < -0.4 is 21.1 Å². The number of anilines is 2. The molecule has 0 saturated carbocycles. The fourth-order valence-corrected chi connectivity index (χ4v) is 5.30. The van der Waals surface area contributed by atoms with Gasteiger partial charge in [-0.2, -0.15) is 0 Å². The predicted octanol–water partition coefficient (Wildman–Crippen LogP) is 4.37. The number of nitrogen functional groups attached to an aromatic ring is 1. The second kappa shape index (κ2) is 11.9. The van der Waals surface area contributed by atoms with Crippen LogP contribution in [0.25, 0.3) is 22.4 Å².